The van der Waals surface area contributed by atoms with Crippen LogP contribution in [-0.2, 0) is 0 Å². The summed E-state index contributed by atoms with van der Waals surface area (Å²) in [5.41, 5.74) is 1.11. The molecule has 0 atom stereocenters. The standard InChI is InChI=1S/C17H18O4S/c1-19-14-9-12(10-15(20-2)17(14)21-3)16(18)11-5-7-13(22-4)8-6-11/h5-10H,1-4H3. The molecule has 0 spiro atoms. The van der Waals surface area contributed by atoms with E-state index in [-0.39, 0.29) is 5.78 Å². The zero-order chi connectivity index (χ0) is 16.1. The van der Waals surface area contributed by atoms with Gasteiger partial charge in [0.1, 0.15) is 0 Å². The van der Waals surface area contributed by atoms with Gasteiger partial charge in [0.15, 0.2) is 17.3 Å². The molecule has 0 saturated heterocycles. The fourth-order valence-corrected chi connectivity index (χ4v) is 2.53. The van der Waals surface area contributed by atoms with Gasteiger partial charge in [0.2, 0.25) is 5.75 Å². The third kappa shape index (κ3) is 3.20. The van der Waals surface area contributed by atoms with Gasteiger partial charge >= 0.3 is 0 Å². The lowest BCUT2D eigenvalue weighted by atomic mass is 10.0. The van der Waals surface area contributed by atoms with Gasteiger partial charge in [-0.2, -0.15) is 0 Å². The van der Waals surface area contributed by atoms with Crippen molar-refractivity contribution in [2.45, 2.75) is 4.90 Å². The SMILES string of the molecule is COc1cc(C(=O)c2ccc(SC)cc2)cc(OC)c1OC. The number of ether oxygens (including phenoxy) is 3. The van der Waals surface area contributed by atoms with Crippen molar-refractivity contribution in [3.8, 4) is 17.2 Å². The van der Waals surface area contributed by atoms with Crippen LogP contribution in [0.25, 0.3) is 0 Å². The van der Waals surface area contributed by atoms with E-state index in [0.29, 0.717) is 28.4 Å². The fraction of sp³-hybridized carbons (Fsp3) is 0.235. The number of carbonyl (C=O) groups is 1. The zero-order valence-electron chi connectivity index (χ0n) is 13.0. The molecule has 0 fully saturated rings. The first-order valence-electron chi connectivity index (χ1n) is 6.63. The maximum Gasteiger partial charge on any atom is 0.203 e. The van der Waals surface area contributed by atoms with Gasteiger partial charge in [0.25, 0.3) is 0 Å². The molecular weight excluding hydrogens is 300 g/mol. The quantitative estimate of drug-likeness (QED) is 0.601. The van der Waals surface area contributed by atoms with E-state index in [9.17, 15) is 4.79 Å². The highest BCUT2D eigenvalue weighted by atomic mass is 32.2. The Kier molecular flexibility index (Phi) is 5.33. The molecule has 0 N–H and O–H groups in total. The Morgan fingerprint density at radius 2 is 1.41 bits per heavy atom. The number of hydrogen-bond acceptors (Lipinski definition) is 5. The summed E-state index contributed by atoms with van der Waals surface area (Å²) in [6, 6.07) is 10.8. The monoisotopic (exact) mass is 318 g/mol. The summed E-state index contributed by atoms with van der Waals surface area (Å²) >= 11 is 1.63. The van der Waals surface area contributed by atoms with Crippen molar-refractivity contribution in [3.05, 3.63) is 47.5 Å². The molecular formula is C17H18O4S. The van der Waals surface area contributed by atoms with E-state index in [0.717, 1.165) is 4.90 Å². The fourth-order valence-electron chi connectivity index (χ4n) is 2.12. The van der Waals surface area contributed by atoms with Crippen molar-refractivity contribution in [3.63, 3.8) is 0 Å². The number of carbonyl (C=O) groups excluding carboxylic acids is 1. The molecule has 0 amide bonds. The summed E-state index contributed by atoms with van der Waals surface area (Å²) in [6.45, 7) is 0. The maximum atomic E-state index is 12.6. The highest BCUT2D eigenvalue weighted by Gasteiger charge is 2.18. The van der Waals surface area contributed by atoms with Gasteiger partial charge in [0.05, 0.1) is 21.3 Å². The zero-order valence-corrected chi connectivity index (χ0v) is 13.8. The smallest absolute Gasteiger partial charge is 0.203 e. The van der Waals surface area contributed by atoms with Crippen LogP contribution in [0.4, 0.5) is 0 Å². The van der Waals surface area contributed by atoms with Gasteiger partial charge in [-0.1, -0.05) is 0 Å². The van der Waals surface area contributed by atoms with E-state index in [1.54, 1.807) is 23.9 Å². The van der Waals surface area contributed by atoms with Gasteiger partial charge in [0, 0.05) is 16.0 Å². The summed E-state index contributed by atoms with van der Waals surface area (Å²) in [4.78, 5) is 13.7. The van der Waals surface area contributed by atoms with Crippen molar-refractivity contribution >= 4 is 17.5 Å². The number of thioether (sulfide) groups is 1. The minimum atomic E-state index is -0.0908. The second kappa shape index (κ2) is 7.22. The van der Waals surface area contributed by atoms with Crippen molar-refractivity contribution in [2.24, 2.45) is 0 Å². The molecule has 0 bridgehead atoms. The summed E-state index contributed by atoms with van der Waals surface area (Å²) in [5.74, 6) is 1.31. The van der Waals surface area contributed by atoms with Crippen LogP contribution in [0.1, 0.15) is 15.9 Å². The number of ketones is 1. The topological polar surface area (TPSA) is 44.8 Å². The van der Waals surface area contributed by atoms with Crippen LogP contribution in [0.5, 0.6) is 17.2 Å². The lowest BCUT2D eigenvalue weighted by Crippen LogP contribution is -2.04. The maximum absolute atomic E-state index is 12.6. The highest BCUT2D eigenvalue weighted by Crippen LogP contribution is 2.38. The molecule has 0 aromatic heterocycles. The number of methoxy groups -OCH3 is 3. The van der Waals surface area contributed by atoms with Crippen LogP contribution in [0.15, 0.2) is 41.3 Å². The summed E-state index contributed by atoms with van der Waals surface area (Å²) in [5, 5.41) is 0. The molecule has 2 rings (SSSR count). The molecule has 4 nitrogen and oxygen atoms in total. The van der Waals surface area contributed by atoms with Gasteiger partial charge in [-0.3, -0.25) is 4.79 Å². The van der Waals surface area contributed by atoms with Gasteiger partial charge in [-0.05, 0) is 42.7 Å². The Balaban J connectivity index is 2.44. The van der Waals surface area contributed by atoms with E-state index < -0.39 is 0 Å². The average molecular weight is 318 g/mol. The summed E-state index contributed by atoms with van der Waals surface area (Å²) < 4.78 is 15.8. The second-order valence-corrected chi connectivity index (χ2v) is 5.35. The van der Waals surface area contributed by atoms with Crippen molar-refractivity contribution in [2.75, 3.05) is 27.6 Å². The van der Waals surface area contributed by atoms with Crippen molar-refractivity contribution < 1.29 is 19.0 Å². The van der Waals surface area contributed by atoms with Crippen LogP contribution in [0.3, 0.4) is 0 Å². The molecule has 2 aromatic rings. The van der Waals surface area contributed by atoms with Crippen LogP contribution >= 0.6 is 11.8 Å². The van der Waals surface area contributed by atoms with Gasteiger partial charge in [-0.15, -0.1) is 11.8 Å². The minimum absolute atomic E-state index is 0.0908. The van der Waals surface area contributed by atoms with E-state index in [2.05, 4.69) is 0 Å². The first kappa shape index (κ1) is 16.2. The lowest BCUT2D eigenvalue weighted by molar-refractivity contribution is 0.103. The first-order valence-corrected chi connectivity index (χ1v) is 7.85. The van der Waals surface area contributed by atoms with Crippen LogP contribution in [0, 0.1) is 0 Å². The number of benzene rings is 2. The van der Waals surface area contributed by atoms with Gasteiger partial charge < -0.3 is 14.2 Å². The molecule has 0 heterocycles. The van der Waals surface area contributed by atoms with E-state index in [1.807, 2.05) is 30.5 Å². The molecule has 0 radical (unpaired) electrons. The molecule has 0 aliphatic heterocycles. The number of rotatable bonds is 6. The van der Waals surface area contributed by atoms with Gasteiger partial charge in [-0.25, -0.2) is 0 Å². The highest BCUT2D eigenvalue weighted by molar-refractivity contribution is 7.98. The Morgan fingerprint density at radius 1 is 0.864 bits per heavy atom. The summed E-state index contributed by atoms with van der Waals surface area (Å²) in [6.07, 6.45) is 2.00. The molecule has 5 heteroatoms. The summed E-state index contributed by atoms with van der Waals surface area (Å²) in [7, 11) is 4.58. The molecule has 0 aliphatic rings. The first-order chi connectivity index (χ1) is 10.6. The van der Waals surface area contributed by atoms with Crippen LogP contribution in [-0.4, -0.2) is 33.4 Å². The van der Waals surface area contributed by atoms with E-state index in [4.69, 9.17) is 14.2 Å². The van der Waals surface area contributed by atoms with Crippen LogP contribution < -0.4 is 14.2 Å². The predicted molar refractivity (Wildman–Crippen MR) is 87.8 cm³/mol. The Hall–Kier alpha value is -2.14. The molecule has 116 valence electrons. The van der Waals surface area contributed by atoms with Crippen molar-refractivity contribution in [1.29, 1.82) is 0 Å². The minimum Gasteiger partial charge on any atom is -0.493 e. The Morgan fingerprint density at radius 3 is 1.82 bits per heavy atom. The Bertz CT molecular complexity index is 640. The molecule has 0 aliphatic carbocycles. The largest absolute Gasteiger partial charge is 0.493 e. The second-order valence-electron chi connectivity index (χ2n) is 4.47. The Labute approximate surface area is 134 Å². The lowest BCUT2D eigenvalue weighted by Gasteiger charge is -2.13. The van der Waals surface area contributed by atoms with E-state index in [1.165, 1.54) is 21.3 Å². The molecule has 22 heavy (non-hydrogen) atoms. The number of hydrogen-bond donors (Lipinski definition) is 0. The van der Waals surface area contributed by atoms with Crippen LogP contribution in [0.2, 0.25) is 0 Å². The average Bonchev–Trinajstić information content (AvgIpc) is 2.59. The normalized spacial score (nSPS) is 10.2. The molecule has 2 aromatic carbocycles. The predicted octanol–water partition coefficient (Wildman–Crippen LogP) is 3.67. The van der Waals surface area contributed by atoms with E-state index >= 15 is 0 Å². The molecule has 0 unspecified atom stereocenters. The third-order valence-electron chi connectivity index (χ3n) is 3.28. The third-order valence-corrected chi connectivity index (χ3v) is 4.02. The van der Waals surface area contributed by atoms with Crippen molar-refractivity contribution in [1.82, 2.24) is 0 Å². The molecule has 0 saturated carbocycles.